The first kappa shape index (κ1) is 14.9. The summed E-state index contributed by atoms with van der Waals surface area (Å²) in [5, 5.41) is 3.17. The van der Waals surface area contributed by atoms with Crippen molar-refractivity contribution in [1.29, 1.82) is 0 Å². The quantitative estimate of drug-likeness (QED) is 0.808. The first-order chi connectivity index (χ1) is 9.56. The van der Waals surface area contributed by atoms with Crippen LogP contribution in [0, 0.1) is 5.92 Å². The molecular weight excluding hydrogens is 248 g/mol. The normalized spacial score (nSPS) is 18.7. The van der Waals surface area contributed by atoms with Gasteiger partial charge in [-0.2, -0.15) is 0 Å². The van der Waals surface area contributed by atoms with E-state index in [2.05, 4.69) is 19.2 Å². The van der Waals surface area contributed by atoms with Gasteiger partial charge in [-0.05, 0) is 49.3 Å². The fourth-order valence-electron chi connectivity index (χ4n) is 3.11. The lowest BCUT2D eigenvalue weighted by Gasteiger charge is -2.21. The Morgan fingerprint density at radius 1 is 1.25 bits per heavy atom. The van der Waals surface area contributed by atoms with Gasteiger partial charge in [0.1, 0.15) is 0 Å². The third-order valence-corrected chi connectivity index (χ3v) is 4.49. The van der Waals surface area contributed by atoms with Crippen molar-refractivity contribution < 1.29 is 4.79 Å². The van der Waals surface area contributed by atoms with Gasteiger partial charge in [0.25, 0.3) is 0 Å². The lowest BCUT2D eigenvalue weighted by atomic mass is 9.96. The molecular formula is C17H26N2O. The maximum absolute atomic E-state index is 12.1. The molecule has 1 unspecified atom stereocenters. The van der Waals surface area contributed by atoms with E-state index < -0.39 is 0 Å². The third-order valence-electron chi connectivity index (χ3n) is 4.49. The van der Waals surface area contributed by atoms with Gasteiger partial charge in [0.05, 0.1) is 0 Å². The van der Waals surface area contributed by atoms with Gasteiger partial charge in [-0.25, -0.2) is 0 Å². The number of benzene rings is 1. The summed E-state index contributed by atoms with van der Waals surface area (Å²) in [6.07, 6.45) is 5.68. The zero-order chi connectivity index (χ0) is 14.5. The molecule has 0 aromatic heterocycles. The van der Waals surface area contributed by atoms with Crippen LogP contribution in [0.4, 0.5) is 5.69 Å². The molecule has 0 spiro atoms. The lowest BCUT2D eigenvalue weighted by molar-refractivity contribution is -0.122. The molecule has 0 radical (unpaired) electrons. The van der Waals surface area contributed by atoms with Crippen molar-refractivity contribution in [3.8, 4) is 0 Å². The molecule has 1 fully saturated rings. The van der Waals surface area contributed by atoms with Crippen LogP contribution in [-0.2, 0) is 4.79 Å². The highest BCUT2D eigenvalue weighted by atomic mass is 16.1. The Balaban J connectivity index is 1.82. The number of anilines is 1. The molecule has 2 rings (SSSR count). The highest BCUT2D eigenvalue weighted by molar-refractivity contribution is 5.77. The minimum Gasteiger partial charge on any atom is -0.399 e. The van der Waals surface area contributed by atoms with Gasteiger partial charge in [0.2, 0.25) is 5.91 Å². The highest BCUT2D eigenvalue weighted by Crippen LogP contribution is 2.28. The molecule has 1 aliphatic rings. The van der Waals surface area contributed by atoms with Crippen molar-refractivity contribution >= 4 is 11.6 Å². The fourth-order valence-corrected chi connectivity index (χ4v) is 3.11. The molecule has 1 aromatic rings. The summed E-state index contributed by atoms with van der Waals surface area (Å²) in [5.74, 6) is 1.06. The first-order valence-corrected chi connectivity index (χ1v) is 7.71. The van der Waals surface area contributed by atoms with Crippen LogP contribution < -0.4 is 11.1 Å². The van der Waals surface area contributed by atoms with Crippen LogP contribution in [0.25, 0.3) is 0 Å². The molecule has 2 atom stereocenters. The largest absolute Gasteiger partial charge is 0.399 e. The third kappa shape index (κ3) is 3.99. The Morgan fingerprint density at radius 3 is 2.45 bits per heavy atom. The Labute approximate surface area is 121 Å². The van der Waals surface area contributed by atoms with Crippen LogP contribution in [-0.4, -0.2) is 11.9 Å². The summed E-state index contributed by atoms with van der Waals surface area (Å²) in [7, 11) is 0. The van der Waals surface area contributed by atoms with Gasteiger partial charge in [0, 0.05) is 18.2 Å². The number of amides is 1. The first-order valence-electron chi connectivity index (χ1n) is 7.71. The predicted molar refractivity (Wildman–Crippen MR) is 83.4 cm³/mol. The van der Waals surface area contributed by atoms with Crippen LogP contribution in [0.15, 0.2) is 24.3 Å². The molecule has 1 aromatic carbocycles. The zero-order valence-corrected chi connectivity index (χ0v) is 12.6. The van der Waals surface area contributed by atoms with Gasteiger partial charge in [-0.1, -0.05) is 31.9 Å². The van der Waals surface area contributed by atoms with E-state index in [1.807, 2.05) is 24.3 Å². The van der Waals surface area contributed by atoms with E-state index in [-0.39, 0.29) is 11.8 Å². The maximum atomic E-state index is 12.1. The van der Waals surface area contributed by atoms with Crippen molar-refractivity contribution in [2.45, 2.75) is 57.9 Å². The van der Waals surface area contributed by atoms with Crippen molar-refractivity contribution in [1.82, 2.24) is 5.32 Å². The molecule has 1 saturated carbocycles. The van der Waals surface area contributed by atoms with E-state index in [0.717, 1.165) is 5.69 Å². The van der Waals surface area contributed by atoms with Crippen molar-refractivity contribution in [3.63, 3.8) is 0 Å². The van der Waals surface area contributed by atoms with Gasteiger partial charge < -0.3 is 11.1 Å². The standard InChI is InChI=1S/C17H26N2O/c1-12(14-7-9-16(18)10-8-14)11-17(20)19-13(2)15-5-3-4-6-15/h7-10,12-13,15H,3-6,11,18H2,1-2H3,(H,19,20)/t12?,13-/m1/s1. The van der Waals surface area contributed by atoms with Gasteiger partial charge in [0.15, 0.2) is 0 Å². The van der Waals surface area contributed by atoms with Crippen LogP contribution in [0.5, 0.6) is 0 Å². The van der Waals surface area contributed by atoms with E-state index in [1.165, 1.54) is 31.2 Å². The van der Waals surface area contributed by atoms with Crippen molar-refractivity contribution in [3.05, 3.63) is 29.8 Å². The van der Waals surface area contributed by atoms with E-state index in [1.54, 1.807) is 0 Å². The van der Waals surface area contributed by atoms with E-state index in [4.69, 9.17) is 5.73 Å². The van der Waals surface area contributed by atoms with E-state index in [0.29, 0.717) is 18.4 Å². The minimum absolute atomic E-state index is 0.161. The molecule has 1 amide bonds. The molecule has 3 heteroatoms. The highest BCUT2D eigenvalue weighted by Gasteiger charge is 2.23. The molecule has 3 N–H and O–H groups in total. The summed E-state index contributed by atoms with van der Waals surface area (Å²) in [5.41, 5.74) is 7.62. The molecule has 20 heavy (non-hydrogen) atoms. The lowest BCUT2D eigenvalue weighted by Crippen LogP contribution is -2.37. The van der Waals surface area contributed by atoms with Crippen LogP contribution >= 0.6 is 0 Å². The number of hydrogen-bond acceptors (Lipinski definition) is 2. The number of hydrogen-bond donors (Lipinski definition) is 2. The fraction of sp³-hybridized carbons (Fsp3) is 0.588. The average Bonchev–Trinajstić information content (AvgIpc) is 2.93. The van der Waals surface area contributed by atoms with Gasteiger partial charge in [-0.3, -0.25) is 4.79 Å². The Hall–Kier alpha value is -1.51. The molecule has 3 nitrogen and oxygen atoms in total. The SMILES string of the molecule is CC(CC(=O)N[C@H](C)C1CCCC1)c1ccc(N)cc1. The second-order valence-corrected chi connectivity index (χ2v) is 6.17. The number of nitrogens with one attached hydrogen (secondary N) is 1. The summed E-state index contributed by atoms with van der Waals surface area (Å²) >= 11 is 0. The second-order valence-electron chi connectivity index (χ2n) is 6.17. The van der Waals surface area contributed by atoms with Crippen molar-refractivity contribution in [2.75, 3.05) is 5.73 Å². The Kier molecular flexibility index (Phi) is 5.05. The van der Waals surface area contributed by atoms with E-state index >= 15 is 0 Å². The summed E-state index contributed by atoms with van der Waals surface area (Å²) in [4.78, 5) is 12.1. The topological polar surface area (TPSA) is 55.1 Å². The Morgan fingerprint density at radius 2 is 1.85 bits per heavy atom. The summed E-state index contributed by atoms with van der Waals surface area (Å²) < 4.78 is 0. The summed E-state index contributed by atoms with van der Waals surface area (Å²) in [6.45, 7) is 4.23. The monoisotopic (exact) mass is 274 g/mol. The predicted octanol–water partition coefficient (Wildman–Crippen LogP) is 3.46. The number of nitrogens with two attached hydrogens (primary N) is 1. The van der Waals surface area contributed by atoms with E-state index in [9.17, 15) is 4.79 Å². The number of rotatable bonds is 5. The summed E-state index contributed by atoms with van der Waals surface area (Å²) in [6, 6.07) is 8.11. The maximum Gasteiger partial charge on any atom is 0.220 e. The van der Waals surface area contributed by atoms with Crippen LogP contribution in [0.1, 0.15) is 57.4 Å². The molecule has 0 saturated heterocycles. The molecule has 1 aliphatic carbocycles. The van der Waals surface area contributed by atoms with Crippen LogP contribution in [0.3, 0.4) is 0 Å². The smallest absolute Gasteiger partial charge is 0.220 e. The zero-order valence-electron chi connectivity index (χ0n) is 12.6. The van der Waals surface area contributed by atoms with Crippen molar-refractivity contribution in [2.24, 2.45) is 5.92 Å². The second kappa shape index (κ2) is 6.78. The number of nitrogen functional groups attached to an aromatic ring is 1. The molecule has 0 heterocycles. The van der Waals surface area contributed by atoms with Gasteiger partial charge in [-0.15, -0.1) is 0 Å². The number of carbonyl (C=O) groups excluding carboxylic acids is 1. The number of carbonyl (C=O) groups is 1. The molecule has 0 aliphatic heterocycles. The van der Waals surface area contributed by atoms with Gasteiger partial charge >= 0.3 is 0 Å². The minimum atomic E-state index is 0.161. The van der Waals surface area contributed by atoms with Crippen LogP contribution in [0.2, 0.25) is 0 Å². The Bertz CT molecular complexity index is 435. The molecule has 0 bridgehead atoms. The molecule has 110 valence electrons. The average molecular weight is 274 g/mol.